The van der Waals surface area contributed by atoms with Gasteiger partial charge in [-0.15, -0.1) is 0 Å². The molecule has 1 aliphatic heterocycles. The summed E-state index contributed by atoms with van der Waals surface area (Å²) in [6.07, 6.45) is 6.25. The van der Waals surface area contributed by atoms with E-state index >= 15 is 0 Å². The molecule has 1 saturated heterocycles. The number of amides is 1. The highest BCUT2D eigenvalue weighted by Crippen LogP contribution is 2.28. The lowest BCUT2D eigenvalue weighted by molar-refractivity contribution is -0.138. The third-order valence-electron chi connectivity index (χ3n) is 4.40. The zero-order chi connectivity index (χ0) is 20.6. The van der Waals surface area contributed by atoms with Crippen LogP contribution in [0.15, 0.2) is 36.0 Å². The first-order valence-electron chi connectivity index (χ1n) is 9.15. The fraction of sp³-hybridized carbons (Fsp3) is 0.579. The summed E-state index contributed by atoms with van der Waals surface area (Å²) in [5.41, 5.74) is 0.636. The molecule has 9 heteroatoms. The van der Waals surface area contributed by atoms with Gasteiger partial charge in [-0.25, -0.2) is 4.79 Å². The molecule has 1 amide bonds. The first-order valence-corrected chi connectivity index (χ1v) is 9.15. The van der Waals surface area contributed by atoms with Crippen LogP contribution in [0.1, 0.15) is 25.7 Å². The highest BCUT2D eigenvalue weighted by molar-refractivity contribution is 5.70. The van der Waals surface area contributed by atoms with Crippen LogP contribution in [-0.4, -0.2) is 71.6 Å². The number of ether oxygens (including phenoxy) is 2. The molecule has 2 N–H and O–H groups in total. The number of aliphatic hydroxyl groups excluding tert-OH is 1. The number of cyclic esters (lactones) is 1. The second-order valence-electron chi connectivity index (χ2n) is 6.61. The van der Waals surface area contributed by atoms with Crippen LogP contribution in [0.3, 0.4) is 0 Å². The van der Waals surface area contributed by atoms with Crippen LogP contribution in [0.25, 0.3) is 0 Å². The molecule has 28 heavy (non-hydrogen) atoms. The Balaban J connectivity index is 1.71. The number of alkyl halides is 2. The Morgan fingerprint density at radius 2 is 2.21 bits per heavy atom. The van der Waals surface area contributed by atoms with Crippen molar-refractivity contribution in [3.05, 3.63) is 36.0 Å². The van der Waals surface area contributed by atoms with Crippen LogP contribution < -0.4 is 0 Å². The van der Waals surface area contributed by atoms with Gasteiger partial charge in [0.05, 0.1) is 19.1 Å². The van der Waals surface area contributed by atoms with Crippen LogP contribution in [0.2, 0.25) is 0 Å². The fourth-order valence-corrected chi connectivity index (χ4v) is 2.84. The van der Waals surface area contributed by atoms with E-state index in [9.17, 15) is 23.5 Å². The number of carbonyl (C=O) groups excluding carboxylic acids is 1. The molecule has 0 bridgehead atoms. The van der Waals surface area contributed by atoms with Gasteiger partial charge in [0.25, 0.3) is 5.92 Å². The normalized spacial score (nSPS) is 23.9. The lowest BCUT2D eigenvalue weighted by Gasteiger charge is -2.21. The van der Waals surface area contributed by atoms with Gasteiger partial charge >= 0.3 is 12.1 Å². The van der Waals surface area contributed by atoms with E-state index in [-0.39, 0.29) is 25.7 Å². The topological polar surface area (TPSA) is 96.3 Å². The maximum absolute atomic E-state index is 13.2. The Hall–Kier alpha value is -2.26. The van der Waals surface area contributed by atoms with Crippen molar-refractivity contribution in [1.82, 2.24) is 4.90 Å². The Morgan fingerprint density at radius 1 is 1.43 bits per heavy atom. The molecule has 1 aliphatic carbocycles. The third kappa shape index (κ3) is 6.72. The quantitative estimate of drug-likeness (QED) is 0.408. The van der Waals surface area contributed by atoms with E-state index in [1.165, 1.54) is 6.08 Å². The number of carboxylic acids is 1. The number of aliphatic carboxylic acids is 1. The first kappa shape index (κ1) is 22.0. The largest absolute Gasteiger partial charge is 0.481 e. The average Bonchev–Trinajstić information content (AvgIpc) is 2.98. The molecule has 7 nitrogen and oxygen atoms in total. The number of carboxylic acid groups (broad SMARTS) is 1. The van der Waals surface area contributed by atoms with E-state index in [4.69, 9.17) is 14.6 Å². The molecule has 1 fully saturated rings. The second kappa shape index (κ2) is 10.3. The predicted octanol–water partition coefficient (Wildman–Crippen LogP) is 2.52. The lowest BCUT2D eigenvalue weighted by Crippen LogP contribution is -2.33. The van der Waals surface area contributed by atoms with Gasteiger partial charge in [-0.2, -0.15) is 8.78 Å². The second-order valence-corrected chi connectivity index (χ2v) is 6.61. The molecule has 0 radical (unpaired) electrons. The highest BCUT2D eigenvalue weighted by Gasteiger charge is 2.36. The molecule has 2 aliphatic rings. The first-order chi connectivity index (χ1) is 13.3. The third-order valence-corrected chi connectivity index (χ3v) is 4.40. The van der Waals surface area contributed by atoms with Crippen LogP contribution in [0.4, 0.5) is 13.6 Å². The molecule has 0 saturated carbocycles. The van der Waals surface area contributed by atoms with Gasteiger partial charge in [0.15, 0.2) is 0 Å². The van der Waals surface area contributed by atoms with Gasteiger partial charge in [-0.1, -0.05) is 18.2 Å². The van der Waals surface area contributed by atoms with Crippen LogP contribution in [0.5, 0.6) is 0 Å². The van der Waals surface area contributed by atoms with E-state index in [2.05, 4.69) is 0 Å². The number of carbonyl (C=O) groups is 2. The Morgan fingerprint density at radius 3 is 2.93 bits per heavy atom. The van der Waals surface area contributed by atoms with Crippen molar-refractivity contribution in [3.63, 3.8) is 0 Å². The van der Waals surface area contributed by atoms with E-state index in [1.54, 1.807) is 4.90 Å². The maximum Gasteiger partial charge on any atom is 0.410 e. The summed E-state index contributed by atoms with van der Waals surface area (Å²) < 4.78 is 36.6. The number of aliphatic hydroxyl groups is 1. The predicted molar refractivity (Wildman–Crippen MR) is 96.1 cm³/mol. The Kier molecular flexibility index (Phi) is 8.13. The van der Waals surface area contributed by atoms with Crippen molar-refractivity contribution in [1.29, 1.82) is 0 Å². The smallest absolute Gasteiger partial charge is 0.410 e. The van der Waals surface area contributed by atoms with Gasteiger partial charge in [-0.05, 0) is 37.0 Å². The summed E-state index contributed by atoms with van der Waals surface area (Å²) in [6.45, 7) is 1.15. The highest BCUT2D eigenvalue weighted by atomic mass is 19.3. The molecule has 0 aromatic heterocycles. The van der Waals surface area contributed by atoms with E-state index in [1.807, 2.05) is 12.2 Å². The van der Waals surface area contributed by atoms with Crippen molar-refractivity contribution in [2.45, 2.75) is 43.8 Å². The zero-order valence-electron chi connectivity index (χ0n) is 15.4. The molecule has 2 unspecified atom stereocenters. The number of allylic oxidation sites excluding steroid dienone is 3. The summed E-state index contributed by atoms with van der Waals surface area (Å²) >= 11 is 0. The maximum atomic E-state index is 13.2. The number of hydrogen-bond acceptors (Lipinski definition) is 5. The monoisotopic (exact) mass is 401 g/mol. The van der Waals surface area contributed by atoms with Crippen LogP contribution >= 0.6 is 0 Å². The molecule has 0 spiro atoms. The molecule has 0 aromatic rings. The zero-order valence-corrected chi connectivity index (χ0v) is 15.4. The van der Waals surface area contributed by atoms with Crippen molar-refractivity contribution in [2.75, 3.05) is 26.4 Å². The number of halogens is 2. The lowest BCUT2D eigenvalue weighted by atomic mass is 9.98. The van der Waals surface area contributed by atoms with E-state index in [0.29, 0.717) is 44.1 Å². The Bertz CT molecular complexity index is 646. The molecule has 1 heterocycles. The fourth-order valence-electron chi connectivity index (χ4n) is 2.84. The molecule has 2 atom stereocenters. The van der Waals surface area contributed by atoms with Crippen LogP contribution in [0, 0.1) is 0 Å². The van der Waals surface area contributed by atoms with E-state index < -0.39 is 24.1 Å². The van der Waals surface area contributed by atoms with Crippen molar-refractivity contribution >= 4 is 12.1 Å². The summed E-state index contributed by atoms with van der Waals surface area (Å²) in [7, 11) is 0. The minimum Gasteiger partial charge on any atom is -0.481 e. The number of rotatable bonds is 11. The number of hydrogen-bond donors (Lipinski definition) is 2. The molecular formula is C19H25F2NO6. The average molecular weight is 401 g/mol. The van der Waals surface area contributed by atoms with Crippen molar-refractivity contribution in [2.24, 2.45) is 0 Å². The van der Waals surface area contributed by atoms with Gasteiger partial charge in [-0.3, -0.25) is 9.69 Å². The molecule has 0 aromatic carbocycles. The SMILES string of the molecule is O=C(O)CCOCCCN1C(=O)OCC1/C=C/CCC1=CC(O)C(F)(F)C=C1. The Labute approximate surface area is 161 Å². The summed E-state index contributed by atoms with van der Waals surface area (Å²) in [4.78, 5) is 23.8. The van der Waals surface area contributed by atoms with Gasteiger partial charge in [0.1, 0.15) is 12.7 Å². The molecular weight excluding hydrogens is 376 g/mol. The standard InChI is InChI=1S/C19H25F2NO6/c20-19(21)8-6-14(12-16(19)23)4-1-2-5-15-13-28-18(26)22(15)9-3-10-27-11-7-17(24)25/h2,5-6,8,12,15-16,23H,1,3-4,7,9-11,13H2,(H,24,25)/b5-2+. The van der Waals surface area contributed by atoms with E-state index in [0.717, 1.165) is 6.08 Å². The van der Waals surface area contributed by atoms with Gasteiger partial charge in [0, 0.05) is 13.2 Å². The summed E-state index contributed by atoms with van der Waals surface area (Å²) in [5.74, 6) is -4.14. The summed E-state index contributed by atoms with van der Waals surface area (Å²) in [6, 6.07) is -0.211. The van der Waals surface area contributed by atoms with Crippen molar-refractivity contribution in [3.8, 4) is 0 Å². The van der Waals surface area contributed by atoms with Crippen LogP contribution in [-0.2, 0) is 14.3 Å². The van der Waals surface area contributed by atoms with Crippen molar-refractivity contribution < 1.29 is 38.1 Å². The minimum atomic E-state index is -3.22. The van der Waals surface area contributed by atoms with Gasteiger partial charge in [0.2, 0.25) is 0 Å². The molecule has 2 rings (SSSR count). The number of nitrogens with zero attached hydrogens (tertiary/aromatic N) is 1. The summed E-state index contributed by atoms with van der Waals surface area (Å²) in [5, 5.41) is 17.9. The minimum absolute atomic E-state index is 0.0581. The van der Waals surface area contributed by atoms with Gasteiger partial charge < -0.3 is 19.7 Å². The molecule has 156 valence electrons.